The first-order valence-electron chi connectivity index (χ1n) is 6.87. The summed E-state index contributed by atoms with van der Waals surface area (Å²) in [6, 6.07) is 8.62. The van der Waals surface area contributed by atoms with Gasteiger partial charge in [-0.15, -0.1) is 11.3 Å². The second-order valence-corrected chi connectivity index (χ2v) is 7.88. The second-order valence-electron chi connectivity index (χ2n) is 4.91. The van der Waals surface area contributed by atoms with Crippen molar-refractivity contribution in [3.63, 3.8) is 0 Å². The van der Waals surface area contributed by atoms with Crippen molar-refractivity contribution in [2.24, 2.45) is 0 Å². The average Bonchev–Trinajstić information content (AvgIpc) is 3.16. The minimum atomic E-state index is -3.75. The van der Waals surface area contributed by atoms with Gasteiger partial charge in [0.15, 0.2) is 5.06 Å². The molecule has 1 N–H and O–H groups in total. The van der Waals surface area contributed by atoms with Crippen LogP contribution in [-0.4, -0.2) is 25.3 Å². The predicted molar refractivity (Wildman–Crippen MR) is 95.0 cm³/mol. The molecule has 9 heteroatoms. The smallest absolute Gasteiger partial charge is 0.266 e. The lowest BCUT2D eigenvalue weighted by atomic mass is 10.3. The van der Waals surface area contributed by atoms with Gasteiger partial charge < -0.3 is 4.74 Å². The molecule has 0 aliphatic rings. The van der Waals surface area contributed by atoms with Gasteiger partial charge in [-0.3, -0.25) is 4.72 Å². The highest BCUT2D eigenvalue weighted by atomic mass is 35.5. The zero-order valence-electron chi connectivity index (χ0n) is 12.9. The highest BCUT2D eigenvalue weighted by molar-refractivity contribution is 7.93. The standard InChI is InChI=1S/C15H14ClN3O3S2/c1-10-13(9-17-19(10)12-5-3-11(16)4-6-12)18-24(20,21)14-7-8-23-15(14)22-2/h3-9,18H,1-2H3. The quantitative estimate of drug-likeness (QED) is 0.729. The molecule has 0 saturated heterocycles. The van der Waals surface area contributed by atoms with Crippen LogP contribution in [0.5, 0.6) is 5.06 Å². The number of ether oxygens (including phenoxy) is 1. The molecule has 2 heterocycles. The van der Waals surface area contributed by atoms with E-state index in [0.29, 0.717) is 21.5 Å². The number of hydrogen-bond donors (Lipinski definition) is 1. The van der Waals surface area contributed by atoms with Crippen LogP contribution in [0.25, 0.3) is 5.69 Å². The first-order chi connectivity index (χ1) is 11.4. The van der Waals surface area contributed by atoms with Crippen molar-refractivity contribution >= 4 is 38.6 Å². The zero-order chi connectivity index (χ0) is 17.3. The van der Waals surface area contributed by atoms with E-state index < -0.39 is 10.0 Å². The third kappa shape index (κ3) is 3.12. The topological polar surface area (TPSA) is 73.2 Å². The van der Waals surface area contributed by atoms with E-state index in [0.717, 1.165) is 5.69 Å². The molecule has 0 radical (unpaired) electrons. The molecular weight excluding hydrogens is 370 g/mol. The van der Waals surface area contributed by atoms with E-state index in [-0.39, 0.29) is 4.90 Å². The van der Waals surface area contributed by atoms with E-state index in [2.05, 4.69) is 9.82 Å². The van der Waals surface area contributed by atoms with Gasteiger partial charge in [0.25, 0.3) is 10.0 Å². The summed E-state index contributed by atoms with van der Waals surface area (Å²) in [6.45, 7) is 1.78. The fourth-order valence-corrected chi connectivity index (χ4v) is 4.63. The largest absolute Gasteiger partial charge is 0.486 e. The highest BCUT2D eigenvalue weighted by Crippen LogP contribution is 2.32. The van der Waals surface area contributed by atoms with Crippen molar-refractivity contribution in [2.45, 2.75) is 11.8 Å². The van der Waals surface area contributed by atoms with Gasteiger partial charge in [0, 0.05) is 5.02 Å². The van der Waals surface area contributed by atoms with Crippen LogP contribution < -0.4 is 9.46 Å². The Morgan fingerprint density at radius 1 is 1.25 bits per heavy atom. The lowest BCUT2D eigenvalue weighted by Gasteiger charge is -2.09. The molecule has 0 unspecified atom stereocenters. The number of thiophene rings is 1. The Morgan fingerprint density at radius 3 is 2.62 bits per heavy atom. The number of aromatic nitrogens is 2. The third-order valence-electron chi connectivity index (χ3n) is 3.40. The highest BCUT2D eigenvalue weighted by Gasteiger charge is 2.22. The molecule has 3 rings (SSSR count). The maximum Gasteiger partial charge on any atom is 0.266 e. The SMILES string of the molecule is COc1sccc1S(=O)(=O)Nc1cnn(-c2ccc(Cl)cc2)c1C. The summed E-state index contributed by atoms with van der Waals surface area (Å²) in [4.78, 5) is 0.105. The van der Waals surface area contributed by atoms with Crippen molar-refractivity contribution in [2.75, 3.05) is 11.8 Å². The molecule has 0 saturated carbocycles. The van der Waals surface area contributed by atoms with E-state index in [9.17, 15) is 8.42 Å². The molecule has 2 aromatic heterocycles. The molecule has 24 heavy (non-hydrogen) atoms. The molecule has 0 spiro atoms. The van der Waals surface area contributed by atoms with Crippen LogP contribution in [-0.2, 0) is 10.0 Å². The molecule has 0 bridgehead atoms. The second kappa shape index (κ2) is 6.46. The van der Waals surface area contributed by atoms with Crippen molar-refractivity contribution < 1.29 is 13.2 Å². The predicted octanol–water partition coefficient (Wildman–Crippen LogP) is 3.71. The summed E-state index contributed by atoms with van der Waals surface area (Å²) < 4.78 is 34.4. The number of rotatable bonds is 5. The number of halogens is 1. The summed E-state index contributed by atoms with van der Waals surface area (Å²) >= 11 is 7.10. The van der Waals surface area contributed by atoms with Gasteiger partial charge in [0.05, 0.1) is 30.4 Å². The van der Waals surface area contributed by atoms with Crippen LogP contribution in [0.3, 0.4) is 0 Å². The van der Waals surface area contributed by atoms with Gasteiger partial charge >= 0.3 is 0 Å². The van der Waals surface area contributed by atoms with Crippen LogP contribution in [0, 0.1) is 6.92 Å². The Morgan fingerprint density at radius 2 is 1.96 bits per heavy atom. The zero-order valence-corrected chi connectivity index (χ0v) is 15.2. The first kappa shape index (κ1) is 16.8. The lowest BCUT2D eigenvalue weighted by Crippen LogP contribution is -2.13. The Labute approximate surface area is 148 Å². The number of benzene rings is 1. The van der Waals surface area contributed by atoms with Crippen molar-refractivity contribution in [3.05, 3.63) is 52.6 Å². The molecule has 3 aromatic rings. The van der Waals surface area contributed by atoms with Crippen molar-refractivity contribution in [3.8, 4) is 10.8 Å². The van der Waals surface area contributed by atoms with E-state index in [1.165, 1.54) is 30.7 Å². The molecule has 126 valence electrons. The molecular formula is C15H14ClN3O3S2. The minimum absolute atomic E-state index is 0.105. The van der Waals surface area contributed by atoms with Gasteiger partial charge in [-0.2, -0.15) is 5.10 Å². The first-order valence-corrected chi connectivity index (χ1v) is 9.61. The fourth-order valence-electron chi connectivity index (χ4n) is 2.18. The summed E-state index contributed by atoms with van der Waals surface area (Å²) in [7, 11) is -2.31. The molecule has 0 aliphatic heterocycles. The Balaban J connectivity index is 1.93. The Kier molecular flexibility index (Phi) is 4.53. The van der Waals surface area contributed by atoms with Gasteiger partial charge in [0.2, 0.25) is 0 Å². The van der Waals surface area contributed by atoms with Gasteiger partial charge in [0.1, 0.15) is 4.90 Å². The summed E-state index contributed by atoms with van der Waals surface area (Å²) in [5, 5.41) is 6.86. The Bertz CT molecular complexity index is 962. The normalized spacial score (nSPS) is 11.5. The van der Waals surface area contributed by atoms with E-state index in [4.69, 9.17) is 16.3 Å². The summed E-state index contributed by atoms with van der Waals surface area (Å²) in [6.07, 6.45) is 1.47. The van der Waals surface area contributed by atoms with Crippen LogP contribution in [0.1, 0.15) is 5.69 Å². The molecule has 0 aliphatic carbocycles. The number of sulfonamides is 1. The number of anilines is 1. The summed E-state index contributed by atoms with van der Waals surface area (Å²) in [5.41, 5.74) is 1.85. The molecule has 1 aromatic carbocycles. The van der Waals surface area contributed by atoms with Crippen LogP contribution in [0.15, 0.2) is 46.8 Å². The van der Waals surface area contributed by atoms with E-state index >= 15 is 0 Å². The summed E-state index contributed by atoms with van der Waals surface area (Å²) in [5.74, 6) is 0. The maximum absolute atomic E-state index is 12.5. The van der Waals surface area contributed by atoms with Crippen LogP contribution in [0.4, 0.5) is 5.69 Å². The Hall–Kier alpha value is -2.03. The third-order valence-corrected chi connectivity index (χ3v) is 6.04. The number of hydrogen-bond acceptors (Lipinski definition) is 5. The lowest BCUT2D eigenvalue weighted by molar-refractivity contribution is 0.416. The van der Waals surface area contributed by atoms with Gasteiger partial charge in [-0.25, -0.2) is 13.1 Å². The van der Waals surface area contributed by atoms with Crippen LogP contribution in [0.2, 0.25) is 5.02 Å². The monoisotopic (exact) mass is 383 g/mol. The molecule has 0 atom stereocenters. The van der Waals surface area contributed by atoms with Crippen LogP contribution >= 0.6 is 22.9 Å². The fraction of sp³-hybridized carbons (Fsp3) is 0.133. The molecule has 0 amide bonds. The molecule has 0 fully saturated rings. The maximum atomic E-state index is 12.5. The van der Waals surface area contributed by atoms with Gasteiger partial charge in [-0.1, -0.05) is 11.6 Å². The van der Waals surface area contributed by atoms with Crippen molar-refractivity contribution in [1.82, 2.24) is 9.78 Å². The average molecular weight is 384 g/mol. The number of methoxy groups -OCH3 is 1. The van der Waals surface area contributed by atoms with E-state index in [1.54, 1.807) is 29.1 Å². The minimum Gasteiger partial charge on any atom is -0.486 e. The number of nitrogens with zero attached hydrogens (tertiary/aromatic N) is 2. The van der Waals surface area contributed by atoms with Crippen molar-refractivity contribution in [1.29, 1.82) is 0 Å². The van der Waals surface area contributed by atoms with E-state index in [1.807, 2.05) is 12.1 Å². The van der Waals surface area contributed by atoms with Gasteiger partial charge in [-0.05, 0) is 42.6 Å². The molecule has 6 nitrogen and oxygen atoms in total. The number of nitrogens with one attached hydrogen (secondary N) is 1.